The average Bonchev–Trinajstić information content (AvgIpc) is 3.01. The van der Waals surface area contributed by atoms with Crippen molar-refractivity contribution in [2.45, 2.75) is 155 Å². The molecule has 2 bridgehead atoms. The quantitative estimate of drug-likeness (QED) is 0.219. The number of ether oxygens (including phenoxy) is 4. The van der Waals surface area contributed by atoms with Gasteiger partial charge in [0.25, 0.3) is 0 Å². The Morgan fingerprint density at radius 3 is 2.37 bits per heavy atom. The molecule has 4 fully saturated rings. The van der Waals surface area contributed by atoms with Crippen LogP contribution >= 0.6 is 0 Å². The summed E-state index contributed by atoms with van der Waals surface area (Å²) < 4.78 is 25.3. The number of carbonyl (C=O) groups excluding carboxylic acids is 3. The van der Waals surface area contributed by atoms with Crippen LogP contribution in [0.2, 0.25) is 0 Å². The number of hydrogen-bond acceptors (Lipinski definition) is 10. The van der Waals surface area contributed by atoms with Crippen molar-refractivity contribution in [1.29, 1.82) is 0 Å². The van der Waals surface area contributed by atoms with Crippen LogP contribution in [0.25, 0.3) is 0 Å². The lowest BCUT2D eigenvalue weighted by Gasteiger charge is -2.47. The topological polar surface area (TPSA) is 115 Å². The number of esters is 2. The lowest BCUT2D eigenvalue weighted by molar-refractivity contribution is -0.202. The smallest absolute Gasteiger partial charge is 0.316 e. The lowest BCUT2D eigenvalue weighted by Crippen LogP contribution is -2.57. The molecule has 0 aromatic carbocycles. The normalized spacial score (nSPS) is 42.4. The molecule has 4 saturated heterocycles. The highest BCUT2D eigenvalue weighted by atomic mass is 16.6. The molecule has 49 heavy (non-hydrogen) atoms. The van der Waals surface area contributed by atoms with E-state index in [9.17, 15) is 19.5 Å². The molecule has 10 heteroatoms. The van der Waals surface area contributed by atoms with Crippen LogP contribution in [0.3, 0.4) is 0 Å². The summed E-state index contributed by atoms with van der Waals surface area (Å²) in [5, 5.41) is 12.1. The van der Waals surface area contributed by atoms with Crippen molar-refractivity contribution in [1.82, 2.24) is 9.80 Å². The molecule has 0 aliphatic carbocycles. The second-order valence-electron chi connectivity index (χ2n) is 16.6. The number of allylic oxidation sites excluding steroid dienone is 1. The standard InChI is InChI=1S/C39H68N2O8/c1-14-33-39(10,45)30-16-15-23(2)17-18-38(9,20-25(4)41(13)21-24(30)3)36(27(6)34(43)28(7)37(44)49-33)46-22-32-35(48-29(8)42)31(40(11)12)19-26(5)47-32/h24-28,30-33,35-36,45H,2,14-22H2,1,3-13H3/t24-,25+,26+,27-,28+,30+,31-,32-,33+,35+,36+,38+,39-/m0/s1. The third-order valence-corrected chi connectivity index (χ3v) is 12.2. The van der Waals surface area contributed by atoms with Gasteiger partial charge in [0.1, 0.15) is 29.8 Å². The first-order chi connectivity index (χ1) is 22.7. The number of rotatable bonds is 6. The number of likely N-dealkylation sites (N-methyl/N-ethyl adjacent to an activating group) is 1. The zero-order chi connectivity index (χ0) is 37.0. The monoisotopic (exact) mass is 692 g/mol. The molecule has 0 unspecified atom stereocenters. The molecule has 4 aliphatic rings. The molecule has 4 rings (SSSR count). The van der Waals surface area contributed by atoms with Crippen molar-refractivity contribution < 1.29 is 38.4 Å². The molecule has 0 radical (unpaired) electrons. The van der Waals surface area contributed by atoms with Gasteiger partial charge in [-0.05, 0) is 111 Å². The Bertz CT molecular complexity index is 1160. The van der Waals surface area contributed by atoms with E-state index in [4.69, 9.17) is 18.9 Å². The van der Waals surface area contributed by atoms with Crippen LogP contribution in [-0.4, -0.2) is 115 Å². The highest BCUT2D eigenvalue weighted by Crippen LogP contribution is 2.44. The van der Waals surface area contributed by atoms with Crippen LogP contribution in [0.1, 0.15) is 107 Å². The van der Waals surface area contributed by atoms with E-state index in [-0.39, 0.29) is 48.4 Å². The molecular weight excluding hydrogens is 624 g/mol. The van der Waals surface area contributed by atoms with Crippen molar-refractivity contribution >= 4 is 17.7 Å². The SMILES string of the molecule is C=C1CC[C@@H]2[C@@H](C)CN(C)[C@H](C)C[C@@](C)(CC1)[C@H](OC[C@@H]1O[C@H](C)C[C@H](N(C)C)[C@H]1OC(C)=O)[C@@H](C)C(=O)[C@@H](C)C(=O)O[C@H](CC)[C@@]2(C)O. The van der Waals surface area contributed by atoms with E-state index >= 15 is 0 Å². The van der Waals surface area contributed by atoms with E-state index in [1.165, 1.54) is 6.92 Å². The summed E-state index contributed by atoms with van der Waals surface area (Å²) >= 11 is 0. The van der Waals surface area contributed by atoms with Crippen LogP contribution in [0.5, 0.6) is 0 Å². The van der Waals surface area contributed by atoms with E-state index in [0.29, 0.717) is 19.3 Å². The summed E-state index contributed by atoms with van der Waals surface area (Å²) in [4.78, 5) is 44.7. The van der Waals surface area contributed by atoms with E-state index in [1.54, 1.807) is 13.8 Å². The Morgan fingerprint density at radius 2 is 1.78 bits per heavy atom. The summed E-state index contributed by atoms with van der Waals surface area (Å²) in [6, 6.07) is 0.0610. The fraction of sp³-hybridized carbons (Fsp3) is 0.872. The van der Waals surface area contributed by atoms with Crippen LogP contribution in [0.15, 0.2) is 12.2 Å². The first kappa shape index (κ1) is 41.6. The maximum atomic E-state index is 14.3. The molecule has 0 amide bonds. The largest absolute Gasteiger partial charge is 0.459 e. The molecule has 0 saturated carbocycles. The second-order valence-corrected chi connectivity index (χ2v) is 16.6. The fourth-order valence-electron chi connectivity index (χ4n) is 9.09. The number of carbonyl (C=O) groups is 3. The van der Waals surface area contributed by atoms with Crippen LogP contribution in [0, 0.1) is 29.1 Å². The van der Waals surface area contributed by atoms with Crippen LogP contribution in [0.4, 0.5) is 0 Å². The Morgan fingerprint density at radius 1 is 1.12 bits per heavy atom. The minimum absolute atomic E-state index is 0.0634. The summed E-state index contributed by atoms with van der Waals surface area (Å²) in [6.45, 7) is 22.5. The predicted molar refractivity (Wildman–Crippen MR) is 191 cm³/mol. The Balaban J connectivity index is 2.14. The molecule has 0 spiro atoms. The van der Waals surface area contributed by atoms with Gasteiger partial charge in [-0.2, -0.15) is 0 Å². The zero-order valence-electron chi connectivity index (χ0n) is 32.6. The zero-order valence-corrected chi connectivity index (χ0v) is 32.6. The number of fused-ring (bicyclic) bond motifs is 15. The average molecular weight is 693 g/mol. The highest BCUT2D eigenvalue weighted by Gasteiger charge is 2.49. The van der Waals surface area contributed by atoms with E-state index in [0.717, 1.165) is 37.8 Å². The Labute approximate surface area is 296 Å². The van der Waals surface area contributed by atoms with E-state index in [1.807, 2.05) is 34.9 Å². The van der Waals surface area contributed by atoms with E-state index in [2.05, 4.69) is 44.2 Å². The van der Waals surface area contributed by atoms with Gasteiger partial charge in [0, 0.05) is 25.4 Å². The summed E-state index contributed by atoms with van der Waals surface area (Å²) in [7, 11) is 6.07. The molecule has 4 aliphatic heterocycles. The van der Waals surface area contributed by atoms with E-state index < -0.39 is 53.2 Å². The summed E-state index contributed by atoms with van der Waals surface area (Å²) in [5.74, 6) is -3.03. The molecular formula is C39H68N2O8. The number of aliphatic hydroxyl groups is 1. The van der Waals surface area contributed by atoms with Crippen molar-refractivity contribution in [3.8, 4) is 0 Å². The summed E-state index contributed by atoms with van der Waals surface area (Å²) in [6.07, 6.45) is 2.26. The fourth-order valence-corrected chi connectivity index (χ4v) is 9.09. The van der Waals surface area contributed by atoms with Gasteiger partial charge in [-0.1, -0.05) is 39.8 Å². The van der Waals surface area contributed by atoms with Crippen LogP contribution < -0.4 is 0 Å². The van der Waals surface area contributed by atoms with Crippen molar-refractivity contribution in [3.63, 3.8) is 0 Å². The van der Waals surface area contributed by atoms with Gasteiger partial charge in [-0.25, -0.2) is 0 Å². The van der Waals surface area contributed by atoms with Crippen LogP contribution in [-0.2, 0) is 33.3 Å². The first-order valence-electron chi connectivity index (χ1n) is 18.7. The van der Waals surface area contributed by atoms with Gasteiger partial charge in [-0.3, -0.25) is 14.4 Å². The Kier molecular flexibility index (Phi) is 14.5. The number of nitrogens with zero attached hydrogens (tertiary/aromatic N) is 2. The van der Waals surface area contributed by atoms with Crippen molar-refractivity contribution in [2.75, 3.05) is 34.3 Å². The van der Waals surface area contributed by atoms with Crippen molar-refractivity contribution in [2.24, 2.45) is 29.1 Å². The Hall–Kier alpha value is -1.85. The van der Waals surface area contributed by atoms with Gasteiger partial charge in [0.15, 0.2) is 5.78 Å². The lowest BCUT2D eigenvalue weighted by atomic mass is 9.68. The van der Waals surface area contributed by atoms with Gasteiger partial charge >= 0.3 is 11.9 Å². The van der Waals surface area contributed by atoms with Gasteiger partial charge in [-0.15, -0.1) is 0 Å². The maximum Gasteiger partial charge on any atom is 0.316 e. The predicted octanol–water partition coefficient (Wildman–Crippen LogP) is 5.44. The third-order valence-electron chi connectivity index (χ3n) is 12.2. The molecule has 10 nitrogen and oxygen atoms in total. The molecule has 4 heterocycles. The number of Topliss-reactive ketones (excluding diaryl/α,β-unsaturated/α-hetero) is 1. The van der Waals surface area contributed by atoms with Gasteiger partial charge in [0.05, 0.1) is 24.9 Å². The molecule has 282 valence electrons. The van der Waals surface area contributed by atoms with Gasteiger partial charge in [0.2, 0.25) is 0 Å². The highest BCUT2D eigenvalue weighted by molar-refractivity contribution is 6.00. The molecule has 0 aromatic rings. The second kappa shape index (κ2) is 17.1. The molecule has 1 N–H and O–H groups in total. The number of hydrogen-bond donors (Lipinski definition) is 1. The minimum Gasteiger partial charge on any atom is -0.459 e. The minimum atomic E-state index is -1.30. The number of ketones is 1. The maximum absolute atomic E-state index is 14.3. The molecule has 0 aromatic heterocycles. The summed E-state index contributed by atoms with van der Waals surface area (Å²) in [5.41, 5.74) is -0.694. The molecule has 13 atom stereocenters. The third kappa shape index (κ3) is 9.94. The first-order valence-corrected chi connectivity index (χ1v) is 18.7. The van der Waals surface area contributed by atoms with Crippen molar-refractivity contribution in [3.05, 3.63) is 12.2 Å². The van der Waals surface area contributed by atoms with Gasteiger partial charge < -0.3 is 33.9 Å².